The van der Waals surface area contributed by atoms with Crippen LogP contribution >= 0.6 is 0 Å². The molecule has 3 saturated heterocycles. The molecule has 89 heavy (non-hydrogen) atoms. The number of aliphatic hydroxyl groups excluding tert-OH is 11. The van der Waals surface area contributed by atoms with Gasteiger partial charge in [0.15, 0.2) is 18.9 Å². The SMILES string of the molecule is CCCCCCCCCC/C=C\CCCCCCCCCCCCCCCC(=O)NC(COC1OC(CO)C(OC2OC(CO)C(OC3OC(CO)C(O)C(O)C3O)C(O)C2O)C(O)C1O)C(O)CCCCCCCCCCCCCCCCCCCCC. The molecule has 3 rings (SSSR count). The fraction of sp³-hybridized carbons (Fsp3) is 0.957. The summed E-state index contributed by atoms with van der Waals surface area (Å²) in [7, 11) is 0. The molecule has 0 spiro atoms. The Labute approximate surface area is 537 Å². The third-order valence-electron chi connectivity index (χ3n) is 18.6. The summed E-state index contributed by atoms with van der Waals surface area (Å²) in [5.41, 5.74) is 0. The zero-order valence-corrected chi connectivity index (χ0v) is 55.7. The number of nitrogens with one attached hydrogen (secondary N) is 1. The Morgan fingerprint density at radius 3 is 1.09 bits per heavy atom. The lowest BCUT2D eigenvalue weighted by Gasteiger charge is -2.48. The minimum Gasteiger partial charge on any atom is -0.394 e. The Balaban J connectivity index is 1.41. The number of ether oxygens (including phenoxy) is 6. The van der Waals surface area contributed by atoms with Crippen molar-refractivity contribution < 1.29 is 89.4 Å². The van der Waals surface area contributed by atoms with Crippen LogP contribution in [0.1, 0.15) is 296 Å². The zero-order chi connectivity index (χ0) is 64.7. The van der Waals surface area contributed by atoms with Gasteiger partial charge in [0.25, 0.3) is 0 Å². The molecular weight excluding hydrogens is 1140 g/mol. The first-order valence-electron chi connectivity index (χ1n) is 36.4. The molecule has 0 saturated carbocycles. The zero-order valence-electron chi connectivity index (χ0n) is 55.7. The first kappa shape index (κ1) is 81.8. The van der Waals surface area contributed by atoms with Crippen molar-refractivity contribution in [3.8, 4) is 0 Å². The minimum atomic E-state index is -1.97. The fourth-order valence-corrected chi connectivity index (χ4v) is 12.7. The van der Waals surface area contributed by atoms with Crippen LogP contribution in [0.5, 0.6) is 0 Å². The van der Waals surface area contributed by atoms with Gasteiger partial charge < -0.3 is 89.9 Å². The number of amides is 1. The molecule has 3 fully saturated rings. The molecule has 526 valence electrons. The summed E-state index contributed by atoms with van der Waals surface area (Å²) in [6.07, 6.45) is 31.4. The van der Waals surface area contributed by atoms with Crippen molar-refractivity contribution in [2.75, 3.05) is 26.4 Å². The van der Waals surface area contributed by atoms with E-state index >= 15 is 0 Å². The molecule has 17 atom stereocenters. The molecular formula is C70H133NO18. The molecule has 0 aliphatic carbocycles. The molecule has 19 heteroatoms. The van der Waals surface area contributed by atoms with Crippen LogP contribution in [0.4, 0.5) is 0 Å². The quantitative estimate of drug-likeness (QED) is 0.0199. The Morgan fingerprint density at radius 1 is 0.393 bits per heavy atom. The molecule has 3 heterocycles. The van der Waals surface area contributed by atoms with Crippen molar-refractivity contribution in [3.63, 3.8) is 0 Å². The third-order valence-corrected chi connectivity index (χ3v) is 18.6. The van der Waals surface area contributed by atoms with E-state index in [0.717, 1.165) is 44.9 Å². The van der Waals surface area contributed by atoms with E-state index < -0.39 is 124 Å². The highest BCUT2D eigenvalue weighted by Crippen LogP contribution is 2.33. The van der Waals surface area contributed by atoms with Crippen molar-refractivity contribution in [1.82, 2.24) is 5.32 Å². The molecule has 0 aromatic heterocycles. The monoisotopic (exact) mass is 1280 g/mol. The summed E-state index contributed by atoms with van der Waals surface area (Å²) >= 11 is 0. The predicted molar refractivity (Wildman–Crippen MR) is 347 cm³/mol. The molecule has 12 N–H and O–H groups in total. The van der Waals surface area contributed by atoms with E-state index in [2.05, 4.69) is 31.3 Å². The van der Waals surface area contributed by atoms with Gasteiger partial charge in [0.2, 0.25) is 5.91 Å². The molecule has 0 radical (unpaired) electrons. The Bertz CT molecular complexity index is 1670. The average Bonchev–Trinajstić information content (AvgIpc) is 2.44. The molecule has 3 aliphatic rings. The van der Waals surface area contributed by atoms with Crippen LogP contribution in [-0.4, -0.2) is 193 Å². The summed E-state index contributed by atoms with van der Waals surface area (Å²) in [6.45, 7) is 1.84. The topological polar surface area (TPSA) is 307 Å². The van der Waals surface area contributed by atoms with Gasteiger partial charge in [0.05, 0.1) is 38.6 Å². The Hall–Kier alpha value is -1.47. The van der Waals surface area contributed by atoms with Crippen molar-refractivity contribution in [2.45, 2.75) is 401 Å². The molecule has 19 nitrogen and oxygen atoms in total. The van der Waals surface area contributed by atoms with Crippen molar-refractivity contribution in [1.29, 1.82) is 0 Å². The van der Waals surface area contributed by atoms with Crippen molar-refractivity contribution >= 4 is 5.91 Å². The summed E-state index contributed by atoms with van der Waals surface area (Å²) in [5.74, 6) is -0.238. The Morgan fingerprint density at radius 2 is 0.708 bits per heavy atom. The van der Waals surface area contributed by atoms with Gasteiger partial charge in [0, 0.05) is 6.42 Å². The van der Waals surface area contributed by atoms with Crippen LogP contribution in [0.3, 0.4) is 0 Å². The molecule has 17 unspecified atom stereocenters. The van der Waals surface area contributed by atoms with Gasteiger partial charge in [-0.3, -0.25) is 4.79 Å². The van der Waals surface area contributed by atoms with Crippen molar-refractivity contribution in [2.24, 2.45) is 0 Å². The average molecular weight is 1280 g/mol. The first-order chi connectivity index (χ1) is 43.3. The van der Waals surface area contributed by atoms with E-state index in [1.54, 1.807) is 0 Å². The molecule has 0 aromatic rings. The maximum absolute atomic E-state index is 13.4. The summed E-state index contributed by atoms with van der Waals surface area (Å²) < 4.78 is 34.5. The number of hydrogen-bond donors (Lipinski definition) is 12. The fourth-order valence-electron chi connectivity index (χ4n) is 12.7. The second-order valence-corrected chi connectivity index (χ2v) is 26.4. The molecule has 3 aliphatic heterocycles. The van der Waals surface area contributed by atoms with Crippen LogP contribution in [0.2, 0.25) is 0 Å². The smallest absolute Gasteiger partial charge is 0.220 e. The lowest BCUT2D eigenvalue weighted by molar-refractivity contribution is -0.379. The second-order valence-electron chi connectivity index (χ2n) is 26.4. The highest BCUT2D eigenvalue weighted by atomic mass is 16.8. The van der Waals surface area contributed by atoms with Crippen LogP contribution in [-0.2, 0) is 33.2 Å². The van der Waals surface area contributed by atoms with Gasteiger partial charge >= 0.3 is 0 Å². The van der Waals surface area contributed by atoms with E-state index in [9.17, 15) is 61.0 Å². The van der Waals surface area contributed by atoms with Gasteiger partial charge in [-0.15, -0.1) is 0 Å². The van der Waals surface area contributed by atoms with E-state index in [0.29, 0.717) is 12.8 Å². The molecule has 1 amide bonds. The predicted octanol–water partition coefficient (Wildman–Crippen LogP) is 10.1. The second kappa shape index (κ2) is 52.8. The standard InChI is InChI=1S/C70H133NO18/c1-3-5-7-9-11-13-15-17-19-21-23-24-25-26-27-28-30-32-34-36-38-40-42-44-46-48-58(76)71-53(54(75)47-45-43-41-39-37-35-33-31-29-22-20-18-16-14-12-10-8-6-4-2)52-84-68-64(82)61(79)66(56(50-73)86-68)89-70-65(83)62(80)67(57(51-74)87-70)88-69-63(81)60(78)59(77)55(49-72)85-69/h21,23,53-57,59-70,72-75,77-83H,3-20,22,24-52H2,1-2H3,(H,71,76)/b23-21-. The van der Waals surface area contributed by atoms with Gasteiger partial charge in [0.1, 0.15) is 73.2 Å². The lowest BCUT2D eigenvalue weighted by Crippen LogP contribution is -2.66. The van der Waals surface area contributed by atoms with Gasteiger partial charge in [-0.1, -0.05) is 264 Å². The highest BCUT2D eigenvalue weighted by molar-refractivity contribution is 5.76. The summed E-state index contributed by atoms with van der Waals surface area (Å²) in [5, 5.41) is 121. The number of rotatable bonds is 57. The van der Waals surface area contributed by atoms with Crippen LogP contribution in [0.25, 0.3) is 0 Å². The number of hydrogen-bond acceptors (Lipinski definition) is 18. The van der Waals surface area contributed by atoms with E-state index in [1.807, 2.05) is 0 Å². The van der Waals surface area contributed by atoms with E-state index in [4.69, 9.17) is 28.4 Å². The minimum absolute atomic E-state index is 0.238. The Kier molecular flexibility index (Phi) is 48.5. The highest BCUT2D eigenvalue weighted by Gasteiger charge is 2.53. The maximum atomic E-state index is 13.4. The van der Waals surface area contributed by atoms with Crippen molar-refractivity contribution in [3.05, 3.63) is 12.2 Å². The molecule has 0 bridgehead atoms. The van der Waals surface area contributed by atoms with Crippen LogP contribution in [0, 0.1) is 0 Å². The number of carbonyl (C=O) groups excluding carboxylic acids is 1. The van der Waals surface area contributed by atoms with Gasteiger partial charge in [-0.05, 0) is 38.5 Å². The van der Waals surface area contributed by atoms with E-state index in [1.165, 1.54) is 218 Å². The van der Waals surface area contributed by atoms with Crippen LogP contribution < -0.4 is 5.32 Å². The largest absolute Gasteiger partial charge is 0.394 e. The van der Waals surface area contributed by atoms with Crippen LogP contribution in [0.15, 0.2) is 12.2 Å². The number of aliphatic hydroxyl groups is 11. The summed E-state index contributed by atoms with van der Waals surface area (Å²) in [4.78, 5) is 13.4. The molecule has 0 aromatic carbocycles. The van der Waals surface area contributed by atoms with E-state index in [-0.39, 0.29) is 18.9 Å². The third kappa shape index (κ3) is 34.7. The maximum Gasteiger partial charge on any atom is 0.220 e. The van der Waals surface area contributed by atoms with Gasteiger partial charge in [-0.25, -0.2) is 0 Å². The number of unbranched alkanes of at least 4 members (excludes halogenated alkanes) is 39. The number of allylic oxidation sites excluding steroid dienone is 2. The first-order valence-corrected chi connectivity index (χ1v) is 36.4. The normalized spacial score (nSPS) is 28.2. The number of carbonyl (C=O) groups is 1. The summed E-state index contributed by atoms with van der Waals surface area (Å²) in [6, 6.07) is -0.884. The van der Waals surface area contributed by atoms with Gasteiger partial charge in [-0.2, -0.15) is 0 Å². The lowest BCUT2D eigenvalue weighted by atomic mass is 9.96.